The first-order valence-corrected chi connectivity index (χ1v) is 9.33. The highest BCUT2D eigenvalue weighted by Gasteiger charge is 2.34. The highest BCUT2D eigenvalue weighted by Crippen LogP contribution is 2.33. The molecule has 1 aliphatic heterocycles. The maximum atomic E-state index is 12.5. The fourth-order valence-electron chi connectivity index (χ4n) is 2.02. The smallest absolute Gasteiger partial charge is 0.267 e. The van der Waals surface area contributed by atoms with Gasteiger partial charge in [-0.3, -0.25) is 15.0 Å². The van der Waals surface area contributed by atoms with Crippen LogP contribution in [0, 0.1) is 6.92 Å². The average molecular weight is 395 g/mol. The van der Waals surface area contributed by atoms with Gasteiger partial charge < -0.3 is 0 Å². The summed E-state index contributed by atoms with van der Waals surface area (Å²) in [6, 6.07) is 8.60. The Morgan fingerprint density at radius 1 is 1.33 bits per heavy atom. The summed E-state index contributed by atoms with van der Waals surface area (Å²) in [4.78, 5) is 26.3. The van der Waals surface area contributed by atoms with Crippen LogP contribution in [0.4, 0.5) is 0 Å². The average Bonchev–Trinajstić information content (AvgIpc) is 3.06. The third-order valence-electron chi connectivity index (χ3n) is 3.29. The molecule has 1 aromatic carbocycles. The van der Waals surface area contributed by atoms with Gasteiger partial charge in [0.25, 0.3) is 11.8 Å². The third kappa shape index (κ3) is 3.39. The van der Waals surface area contributed by atoms with Crippen LogP contribution in [0.15, 0.2) is 40.6 Å². The largest absolute Gasteiger partial charge is 0.285 e. The molecule has 0 saturated carbocycles. The molecule has 0 radical (unpaired) electrons. The summed E-state index contributed by atoms with van der Waals surface area (Å²) in [6.45, 7) is 1.97. The monoisotopic (exact) mass is 394 g/mol. The zero-order valence-electron chi connectivity index (χ0n) is 12.4. The van der Waals surface area contributed by atoms with Gasteiger partial charge >= 0.3 is 0 Å². The van der Waals surface area contributed by atoms with Gasteiger partial charge in [-0.2, -0.15) is 5.01 Å². The highest BCUT2D eigenvalue weighted by atomic mass is 35.5. The van der Waals surface area contributed by atoms with Crippen molar-refractivity contribution in [1.29, 1.82) is 0 Å². The molecule has 2 amide bonds. The normalized spacial score (nSPS) is 16.1. The summed E-state index contributed by atoms with van der Waals surface area (Å²) in [5.74, 6) is -0.830. The predicted molar refractivity (Wildman–Crippen MR) is 103 cm³/mol. The van der Waals surface area contributed by atoms with Gasteiger partial charge in [-0.15, -0.1) is 11.3 Å². The van der Waals surface area contributed by atoms with Gasteiger partial charge in [0.2, 0.25) is 0 Å². The van der Waals surface area contributed by atoms with Crippen molar-refractivity contribution in [2.45, 2.75) is 6.92 Å². The molecular weight excluding hydrogens is 384 g/mol. The summed E-state index contributed by atoms with van der Waals surface area (Å²) >= 11 is 13.9. The van der Waals surface area contributed by atoms with Gasteiger partial charge in [0.1, 0.15) is 0 Å². The second-order valence-corrected chi connectivity index (χ2v) is 7.94. The molecule has 1 fully saturated rings. The van der Waals surface area contributed by atoms with Gasteiger partial charge in [-0.25, -0.2) is 0 Å². The highest BCUT2D eigenvalue weighted by molar-refractivity contribution is 8.26. The Labute approximate surface area is 157 Å². The zero-order chi connectivity index (χ0) is 17.3. The van der Waals surface area contributed by atoms with Crippen LogP contribution in [0.3, 0.4) is 0 Å². The number of hydrogen-bond acceptors (Lipinski definition) is 5. The van der Waals surface area contributed by atoms with E-state index in [2.05, 4.69) is 5.43 Å². The summed E-state index contributed by atoms with van der Waals surface area (Å²) in [5.41, 5.74) is 3.89. The fourth-order valence-corrected chi connectivity index (χ4v) is 4.34. The number of aryl methyl sites for hydroxylation is 1. The van der Waals surface area contributed by atoms with Crippen LogP contribution in [-0.4, -0.2) is 21.1 Å². The molecule has 24 heavy (non-hydrogen) atoms. The van der Waals surface area contributed by atoms with Crippen molar-refractivity contribution in [2.75, 3.05) is 0 Å². The van der Waals surface area contributed by atoms with Crippen LogP contribution in [0.2, 0.25) is 5.02 Å². The van der Waals surface area contributed by atoms with Crippen molar-refractivity contribution in [2.24, 2.45) is 0 Å². The minimum absolute atomic E-state index is 0.279. The lowest BCUT2D eigenvalue weighted by molar-refractivity contribution is -0.123. The zero-order valence-corrected chi connectivity index (χ0v) is 15.6. The first-order chi connectivity index (χ1) is 11.5. The number of carbonyl (C=O) groups is 2. The molecular formula is C16H11ClN2O2S3. The molecule has 1 saturated heterocycles. The van der Waals surface area contributed by atoms with Gasteiger partial charge in [-0.05, 0) is 54.4 Å². The number of halogens is 1. The second-order valence-electron chi connectivity index (χ2n) is 4.91. The Morgan fingerprint density at radius 3 is 2.75 bits per heavy atom. The molecule has 1 N–H and O–H groups in total. The molecule has 0 spiro atoms. The molecule has 3 rings (SSSR count). The standard InChI is InChI=1S/C16H11ClN2O2S3/c1-9-6-7-23-12(9)8-13-15(21)19(16(22)24-13)18-14(20)10-4-2-3-5-11(10)17/h2-8H,1H3,(H,18,20)/b13-8+. The fraction of sp³-hybridized carbons (Fsp3) is 0.0625. The summed E-state index contributed by atoms with van der Waals surface area (Å²) in [6.07, 6.45) is 1.79. The molecule has 1 aliphatic rings. The lowest BCUT2D eigenvalue weighted by Gasteiger charge is -2.16. The van der Waals surface area contributed by atoms with Crippen molar-refractivity contribution >= 4 is 69.1 Å². The number of amides is 2. The van der Waals surface area contributed by atoms with Gasteiger partial charge in [0, 0.05) is 4.88 Å². The molecule has 0 bridgehead atoms. The van der Waals surface area contributed by atoms with Gasteiger partial charge in [0.05, 0.1) is 15.5 Å². The lowest BCUT2D eigenvalue weighted by Crippen LogP contribution is -2.44. The number of benzene rings is 1. The van der Waals surface area contributed by atoms with Gasteiger partial charge in [0.15, 0.2) is 4.32 Å². The Morgan fingerprint density at radius 2 is 2.08 bits per heavy atom. The van der Waals surface area contributed by atoms with Crippen LogP contribution in [0.1, 0.15) is 20.8 Å². The summed E-state index contributed by atoms with van der Waals surface area (Å²) in [5, 5.41) is 3.35. The molecule has 4 nitrogen and oxygen atoms in total. The van der Waals surface area contributed by atoms with Crippen molar-refractivity contribution in [1.82, 2.24) is 10.4 Å². The van der Waals surface area contributed by atoms with E-state index in [1.165, 1.54) is 0 Å². The van der Waals surface area contributed by atoms with Crippen LogP contribution in [0.5, 0.6) is 0 Å². The molecule has 0 aliphatic carbocycles. The van der Waals surface area contributed by atoms with E-state index >= 15 is 0 Å². The van der Waals surface area contributed by atoms with E-state index in [0.717, 1.165) is 27.2 Å². The second kappa shape index (κ2) is 7.06. The van der Waals surface area contributed by atoms with Crippen molar-refractivity contribution < 1.29 is 9.59 Å². The SMILES string of the molecule is Cc1ccsc1/C=C1/SC(=S)N(NC(=O)c2ccccc2Cl)C1=O. The number of hydrogen-bond donors (Lipinski definition) is 1. The van der Waals surface area contributed by atoms with Crippen molar-refractivity contribution in [3.05, 3.63) is 61.6 Å². The van der Waals surface area contributed by atoms with Crippen LogP contribution in [-0.2, 0) is 4.79 Å². The first-order valence-electron chi connectivity index (χ1n) is 6.85. The number of nitrogens with one attached hydrogen (secondary N) is 1. The van der Waals surface area contributed by atoms with E-state index < -0.39 is 5.91 Å². The Bertz CT molecular complexity index is 876. The molecule has 2 aromatic rings. The van der Waals surface area contributed by atoms with Crippen LogP contribution >= 0.6 is 46.9 Å². The number of rotatable bonds is 3. The van der Waals surface area contributed by atoms with E-state index in [0.29, 0.717) is 9.93 Å². The van der Waals surface area contributed by atoms with Crippen LogP contribution in [0.25, 0.3) is 6.08 Å². The maximum absolute atomic E-state index is 12.5. The number of thiocarbonyl (C=S) groups is 1. The number of carbonyl (C=O) groups excluding carboxylic acids is 2. The number of thioether (sulfide) groups is 1. The first kappa shape index (κ1) is 17.2. The topological polar surface area (TPSA) is 49.4 Å². The lowest BCUT2D eigenvalue weighted by atomic mass is 10.2. The summed E-state index contributed by atoms with van der Waals surface area (Å²) in [7, 11) is 0. The van der Waals surface area contributed by atoms with Gasteiger partial charge in [-0.1, -0.05) is 35.5 Å². The van der Waals surface area contributed by atoms with E-state index in [-0.39, 0.29) is 15.8 Å². The van der Waals surface area contributed by atoms with E-state index in [1.807, 2.05) is 18.4 Å². The Hall–Kier alpha value is -1.67. The van der Waals surface area contributed by atoms with E-state index in [1.54, 1.807) is 41.7 Å². The molecule has 1 aromatic heterocycles. The quantitative estimate of drug-likeness (QED) is 0.624. The number of thiophene rings is 1. The minimum atomic E-state index is -0.481. The number of hydrazine groups is 1. The predicted octanol–water partition coefficient (Wildman–Crippen LogP) is 4.26. The molecule has 8 heteroatoms. The Kier molecular flexibility index (Phi) is 5.05. The van der Waals surface area contributed by atoms with Crippen molar-refractivity contribution in [3.63, 3.8) is 0 Å². The molecule has 2 heterocycles. The minimum Gasteiger partial charge on any atom is -0.267 e. The maximum Gasteiger partial charge on any atom is 0.285 e. The molecule has 0 atom stereocenters. The van der Waals surface area contributed by atoms with Crippen molar-refractivity contribution in [3.8, 4) is 0 Å². The summed E-state index contributed by atoms with van der Waals surface area (Å²) < 4.78 is 0.279. The van der Waals surface area contributed by atoms with E-state index in [4.69, 9.17) is 23.8 Å². The Balaban J connectivity index is 1.80. The molecule has 0 unspecified atom stereocenters. The van der Waals surface area contributed by atoms with E-state index in [9.17, 15) is 9.59 Å². The van der Waals surface area contributed by atoms with Crippen LogP contribution < -0.4 is 5.43 Å². The third-order valence-corrected chi connectivity index (χ3v) is 5.89. The number of nitrogens with zero attached hydrogens (tertiary/aromatic N) is 1. The molecule has 122 valence electrons.